The fourth-order valence-corrected chi connectivity index (χ4v) is 5.70. The van der Waals surface area contributed by atoms with Gasteiger partial charge in [-0.15, -0.1) is 0 Å². The normalized spacial score (nSPS) is 17.7. The van der Waals surface area contributed by atoms with E-state index in [1.165, 1.54) is 6.08 Å². The van der Waals surface area contributed by atoms with Crippen LogP contribution in [0.4, 0.5) is 5.69 Å². The van der Waals surface area contributed by atoms with Gasteiger partial charge in [0.2, 0.25) is 5.91 Å². The summed E-state index contributed by atoms with van der Waals surface area (Å²) in [6.45, 7) is 6.46. The molecule has 1 aliphatic rings. The third-order valence-electron chi connectivity index (χ3n) is 5.64. The Morgan fingerprint density at radius 1 is 1.06 bits per heavy atom. The summed E-state index contributed by atoms with van der Waals surface area (Å²) in [6.07, 6.45) is 3.72. The average Bonchev–Trinajstić information content (AvgIpc) is 3.12. The van der Waals surface area contributed by atoms with Crippen LogP contribution >= 0.6 is 11.6 Å². The molecule has 0 radical (unpaired) electrons. The second-order valence-corrected chi connectivity index (χ2v) is 10.4. The Morgan fingerprint density at radius 3 is 2.26 bits per heavy atom. The van der Waals surface area contributed by atoms with Crippen LogP contribution in [-0.4, -0.2) is 49.9 Å². The molecule has 7 heteroatoms. The lowest BCUT2D eigenvalue weighted by atomic mass is 10.1. The molecular formula is C24H29ClN2O3S. The first-order valence-electron chi connectivity index (χ1n) is 10.6. The Hall–Kier alpha value is -2.31. The van der Waals surface area contributed by atoms with Crippen LogP contribution in [0.1, 0.15) is 31.4 Å². The zero-order valence-corrected chi connectivity index (χ0v) is 19.6. The predicted molar refractivity (Wildman–Crippen MR) is 128 cm³/mol. The number of anilines is 1. The van der Waals surface area contributed by atoms with Crippen LogP contribution in [0.2, 0.25) is 5.02 Å². The summed E-state index contributed by atoms with van der Waals surface area (Å²) in [5.74, 6) is -0.0428. The first-order chi connectivity index (χ1) is 14.8. The Bertz CT molecular complexity index is 1010. The minimum atomic E-state index is -3.10. The maximum Gasteiger partial charge on any atom is 0.247 e. The van der Waals surface area contributed by atoms with E-state index in [2.05, 4.69) is 30.9 Å². The molecule has 1 amide bonds. The highest BCUT2D eigenvalue weighted by Crippen LogP contribution is 2.22. The van der Waals surface area contributed by atoms with Gasteiger partial charge in [-0.25, -0.2) is 8.42 Å². The van der Waals surface area contributed by atoms with Crippen molar-refractivity contribution in [2.75, 3.05) is 29.5 Å². The van der Waals surface area contributed by atoms with Crippen molar-refractivity contribution >= 4 is 39.1 Å². The molecule has 5 nitrogen and oxygen atoms in total. The zero-order valence-electron chi connectivity index (χ0n) is 18.0. The maximum absolute atomic E-state index is 13.1. The maximum atomic E-state index is 13.1. The standard InChI is InChI=1S/C24H29ClN2O3S/c1-3-26(4-2)22-12-7-20(8-13-22)17-27(23-15-16-31(29,30)18-23)24(28)14-9-19-5-10-21(25)11-6-19/h5-14,23H,3-4,15-18H2,1-2H3/b14-9+. The Balaban J connectivity index is 1.79. The summed E-state index contributed by atoms with van der Waals surface area (Å²) in [7, 11) is -3.10. The summed E-state index contributed by atoms with van der Waals surface area (Å²) < 4.78 is 24.1. The molecule has 0 bridgehead atoms. The first-order valence-corrected chi connectivity index (χ1v) is 12.8. The summed E-state index contributed by atoms with van der Waals surface area (Å²) in [5, 5.41) is 0.634. The van der Waals surface area contributed by atoms with Crippen LogP contribution in [0.3, 0.4) is 0 Å². The van der Waals surface area contributed by atoms with Gasteiger partial charge in [0.05, 0.1) is 11.5 Å². The lowest BCUT2D eigenvalue weighted by Crippen LogP contribution is -2.39. The molecule has 3 rings (SSSR count). The summed E-state index contributed by atoms with van der Waals surface area (Å²) in [6, 6.07) is 15.0. The summed E-state index contributed by atoms with van der Waals surface area (Å²) in [4.78, 5) is 17.0. The second kappa shape index (κ2) is 10.3. The van der Waals surface area contributed by atoms with E-state index in [9.17, 15) is 13.2 Å². The van der Waals surface area contributed by atoms with Crippen LogP contribution < -0.4 is 4.90 Å². The SMILES string of the molecule is CCN(CC)c1ccc(CN(C(=O)/C=C/c2ccc(Cl)cc2)C2CCS(=O)(=O)C2)cc1. The molecular weight excluding hydrogens is 432 g/mol. The van der Waals surface area contributed by atoms with Gasteiger partial charge < -0.3 is 9.80 Å². The van der Waals surface area contributed by atoms with Gasteiger partial charge in [-0.3, -0.25) is 4.79 Å². The molecule has 1 fully saturated rings. The summed E-state index contributed by atoms with van der Waals surface area (Å²) >= 11 is 5.92. The van der Waals surface area contributed by atoms with Crippen molar-refractivity contribution in [3.8, 4) is 0 Å². The molecule has 166 valence electrons. The van der Waals surface area contributed by atoms with Gasteiger partial charge in [0.25, 0.3) is 0 Å². The largest absolute Gasteiger partial charge is 0.372 e. The molecule has 1 atom stereocenters. The molecule has 1 heterocycles. The molecule has 0 aromatic heterocycles. The van der Waals surface area contributed by atoms with Crippen LogP contribution in [0.5, 0.6) is 0 Å². The number of carbonyl (C=O) groups is 1. The minimum Gasteiger partial charge on any atom is -0.372 e. The fourth-order valence-electron chi connectivity index (χ4n) is 3.84. The number of hydrogen-bond donors (Lipinski definition) is 0. The van der Waals surface area contributed by atoms with Crippen LogP contribution in [0.25, 0.3) is 6.08 Å². The lowest BCUT2D eigenvalue weighted by molar-refractivity contribution is -0.128. The third kappa shape index (κ3) is 6.34. The van der Waals surface area contributed by atoms with Gasteiger partial charge in [0.15, 0.2) is 9.84 Å². The highest BCUT2D eigenvalue weighted by molar-refractivity contribution is 7.91. The van der Waals surface area contributed by atoms with Gasteiger partial charge >= 0.3 is 0 Å². The predicted octanol–water partition coefficient (Wildman–Crippen LogP) is 4.42. The third-order valence-corrected chi connectivity index (χ3v) is 7.64. The molecule has 0 N–H and O–H groups in total. The van der Waals surface area contributed by atoms with E-state index in [1.54, 1.807) is 23.1 Å². The van der Waals surface area contributed by atoms with E-state index in [-0.39, 0.29) is 23.5 Å². The van der Waals surface area contributed by atoms with Gasteiger partial charge in [0, 0.05) is 42.5 Å². The van der Waals surface area contributed by atoms with Crippen molar-refractivity contribution < 1.29 is 13.2 Å². The van der Waals surface area contributed by atoms with E-state index in [1.807, 2.05) is 24.3 Å². The molecule has 0 saturated carbocycles. The van der Waals surface area contributed by atoms with E-state index in [4.69, 9.17) is 11.6 Å². The Morgan fingerprint density at radius 2 is 1.71 bits per heavy atom. The molecule has 1 saturated heterocycles. The van der Waals surface area contributed by atoms with Gasteiger partial charge in [-0.2, -0.15) is 0 Å². The van der Waals surface area contributed by atoms with Crippen molar-refractivity contribution in [2.45, 2.75) is 32.9 Å². The van der Waals surface area contributed by atoms with Gasteiger partial charge in [-0.1, -0.05) is 35.9 Å². The zero-order chi connectivity index (χ0) is 22.4. The Kier molecular flexibility index (Phi) is 7.79. The van der Waals surface area contributed by atoms with Crippen LogP contribution in [0, 0.1) is 0 Å². The highest BCUT2D eigenvalue weighted by atomic mass is 35.5. The van der Waals surface area contributed by atoms with E-state index in [0.717, 1.165) is 29.9 Å². The highest BCUT2D eigenvalue weighted by Gasteiger charge is 2.34. The van der Waals surface area contributed by atoms with Gasteiger partial charge in [0.1, 0.15) is 0 Å². The summed E-state index contributed by atoms with van der Waals surface area (Å²) in [5.41, 5.74) is 2.98. The quantitative estimate of drug-likeness (QED) is 0.547. The molecule has 0 aliphatic carbocycles. The number of amides is 1. The van der Waals surface area contributed by atoms with Crippen molar-refractivity contribution in [1.29, 1.82) is 0 Å². The molecule has 1 unspecified atom stereocenters. The average molecular weight is 461 g/mol. The van der Waals surface area contributed by atoms with E-state index in [0.29, 0.717) is 18.0 Å². The van der Waals surface area contributed by atoms with Crippen LogP contribution in [0.15, 0.2) is 54.6 Å². The van der Waals surface area contributed by atoms with E-state index >= 15 is 0 Å². The van der Waals surface area contributed by atoms with Gasteiger partial charge in [-0.05, 0) is 61.7 Å². The van der Waals surface area contributed by atoms with Crippen molar-refractivity contribution in [3.05, 3.63) is 70.8 Å². The first kappa shape index (κ1) is 23.4. The number of nitrogens with zero attached hydrogens (tertiary/aromatic N) is 2. The monoisotopic (exact) mass is 460 g/mol. The Labute approximate surface area is 190 Å². The lowest BCUT2D eigenvalue weighted by Gasteiger charge is -2.28. The number of rotatable bonds is 8. The van der Waals surface area contributed by atoms with Crippen molar-refractivity contribution in [1.82, 2.24) is 4.90 Å². The molecule has 0 spiro atoms. The fraction of sp³-hybridized carbons (Fsp3) is 0.375. The number of benzene rings is 2. The molecule has 1 aliphatic heterocycles. The number of hydrogen-bond acceptors (Lipinski definition) is 4. The number of halogens is 1. The number of carbonyl (C=O) groups excluding carboxylic acids is 1. The minimum absolute atomic E-state index is 0.0189. The molecule has 2 aromatic rings. The van der Waals surface area contributed by atoms with E-state index < -0.39 is 9.84 Å². The molecule has 2 aromatic carbocycles. The van der Waals surface area contributed by atoms with Crippen molar-refractivity contribution in [2.24, 2.45) is 0 Å². The second-order valence-electron chi connectivity index (χ2n) is 7.75. The molecule has 31 heavy (non-hydrogen) atoms. The topological polar surface area (TPSA) is 57.7 Å². The van der Waals surface area contributed by atoms with Crippen molar-refractivity contribution in [3.63, 3.8) is 0 Å². The number of sulfone groups is 1. The smallest absolute Gasteiger partial charge is 0.247 e. The van der Waals surface area contributed by atoms with Crippen LogP contribution in [-0.2, 0) is 21.2 Å².